The predicted octanol–water partition coefficient (Wildman–Crippen LogP) is 1.69. The molecule has 1 aliphatic rings. The smallest absolute Gasteiger partial charge is 0.225 e. The molecule has 0 aliphatic carbocycles. The van der Waals surface area contributed by atoms with Gasteiger partial charge in [-0.15, -0.1) is 0 Å². The average Bonchev–Trinajstić information content (AvgIpc) is 2.97. The second kappa shape index (κ2) is 7.51. The van der Waals surface area contributed by atoms with Crippen molar-refractivity contribution in [3.8, 4) is 0 Å². The molecule has 3 rings (SSSR count). The minimum atomic E-state index is -0.950. The summed E-state index contributed by atoms with van der Waals surface area (Å²) in [5.41, 5.74) is 1.95. The van der Waals surface area contributed by atoms with Crippen LogP contribution in [0.4, 0.5) is 8.78 Å². The molecule has 26 heavy (non-hydrogen) atoms. The van der Waals surface area contributed by atoms with Gasteiger partial charge in [-0.3, -0.25) is 14.4 Å². The number of amides is 1. The largest absolute Gasteiger partial charge is 0.386 e. The topological polar surface area (TPSA) is 61.6 Å². The standard InChI is InChI=1S/C18H22F2N4O2/c1-22(2)18(26)9-17(25)16-8-15-11-23(3-4-24(15)21-16)10-12-5-13(19)7-14(20)6-12/h5-8,17,25H,3-4,9-11H2,1-2H3/t17-/m0/s1. The molecule has 0 saturated heterocycles. The maximum absolute atomic E-state index is 13.3. The number of hydrogen-bond donors (Lipinski definition) is 1. The zero-order chi connectivity index (χ0) is 18.8. The van der Waals surface area contributed by atoms with Crippen LogP contribution in [0, 0.1) is 11.6 Å². The summed E-state index contributed by atoms with van der Waals surface area (Å²) in [6.07, 6.45) is -0.968. The number of benzene rings is 1. The summed E-state index contributed by atoms with van der Waals surface area (Å²) in [6.45, 7) is 2.27. The van der Waals surface area contributed by atoms with Gasteiger partial charge in [0.2, 0.25) is 5.91 Å². The van der Waals surface area contributed by atoms with Crippen LogP contribution in [0.25, 0.3) is 0 Å². The minimum Gasteiger partial charge on any atom is -0.386 e. The molecule has 0 bridgehead atoms. The predicted molar refractivity (Wildman–Crippen MR) is 91.0 cm³/mol. The zero-order valence-corrected chi connectivity index (χ0v) is 14.8. The monoisotopic (exact) mass is 364 g/mol. The van der Waals surface area contributed by atoms with E-state index >= 15 is 0 Å². The Kier molecular flexibility index (Phi) is 5.33. The molecule has 1 aromatic carbocycles. The van der Waals surface area contributed by atoms with Gasteiger partial charge in [-0.1, -0.05) is 0 Å². The fraction of sp³-hybridized carbons (Fsp3) is 0.444. The first-order valence-corrected chi connectivity index (χ1v) is 8.44. The Labute approximate surface area is 150 Å². The molecule has 1 N–H and O–H groups in total. The Hall–Kier alpha value is -2.32. The lowest BCUT2D eigenvalue weighted by atomic mass is 10.1. The Bertz CT molecular complexity index is 786. The first-order chi connectivity index (χ1) is 12.3. The van der Waals surface area contributed by atoms with E-state index in [9.17, 15) is 18.7 Å². The molecule has 2 heterocycles. The Morgan fingerprint density at radius 1 is 1.23 bits per heavy atom. The third-order valence-electron chi connectivity index (χ3n) is 4.43. The van der Waals surface area contributed by atoms with Gasteiger partial charge in [-0.25, -0.2) is 8.78 Å². The van der Waals surface area contributed by atoms with Crippen LogP contribution in [0.5, 0.6) is 0 Å². The number of aliphatic hydroxyl groups excluding tert-OH is 1. The van der Waals surface area contributed by atoms with E-state index in [0.717, 1.165) is 11.8 Å². The number of hydrogen-bond acceptors (Lipinski definition) is 4. The van der Waals surface area contributed by atoms with Gasteiger partial charge in [0.25, 0.3) is 0 Å². The Morgan fingerprint density at radius 2 is 1.92 bits per heavy atom. The summed E-state index contributed by atoms with van der Waals surface area (Å²) >= 11 is 0. The summed E-state index contributed by atoms with van der Waals surface area (Å²) in [4.78, 5) is 15.2. The van der Waals surface area contributed by atoms with Crippen LogP contribution in [-0.4, -0.2) is 51.2 Å². The van der Waals surface area contributed by atoms with Crippen LogP contribution < -0.4 is 0 Å². The highest BCUT2D eigenvalue weighted by Crippen LogP contribution is 2.22. The van der Waals surface area contributed by atoms with Crippen molar-refractivity contribution < 1.29 is 18.7 Å². The van der Waals surface area contributed by atoms with Crippen molar-refractivity contribution in [2.75, 3.05) is 20.6 Å². The van der Waals surface area contributed by atoms with Crippen molar-refractivity contribution in [3.63, 3.8) is 0 Å². The molecule has 2 aromatic rings. The SMILES string of the molecule is CN(C)C(=O)C[C@H](O)c1cc2n(n1)CCN(Cc1cc(F)cc(F)c1)C2. The number of fused-ring (bicyclic) bond motifs is 1. The lowest BCUT2D eigenvalue weighted by molar-refractivity contribution is -0.130. The maximum atomic E-state index is 13.3. The van der Waals surface area contributed by atoms with E-state index in [1.807, 2.05) is 0 Å². The molecule has 0 spiro atoms. The first-order valence-electron chi connectivity index (χ1n) is 8.44. The molecular weight excluding hydrogens is 342 g/mol. The number of aliphatic hydroxyl groups is 1. The van der Waals surface area contributed by atoms with E-state index in [1.54, 1.807) is 24.8 Å². The lowest BCUT2D eigenvalue weighted by Gasteiger charge is -2.27. The Morgan fingerprint density at radius 3 is 2.58 bits per heavy atom. The van der Waals surface area contributed by atoms with Crippen molar-refractivity contribution >= 4 is 5.91 Å². The highest BCUT2D eigenvalue weighted by atomic mass is 19.1. The molecular formula is C18H22F2N4O2. The molecule has 0 radical (unpaired) electrons. The van der Waals surface area contributed by atoms with Crippen LogP contribution in [0.3, 0.4) is 0 Å². The van der Waals surface area contributed by atoms with E-state index in [2.05, 4.69) is 10.00 Å². The van der Waals surface area contributed by atoms with E-state index in [1.165, 1.54) is 17.0 Å². The van der Waals surface area contributed by atoms with Crippen LogP contribution in [0.15, 0.2) is 24.3 Å². The molecule has 1 aliphatic heterocycles. The molecule has 1 aromatic heterocycles. The fourth-order valence-electron chi connectivity index (χ4n) is 3.05. The molecule has 0 saturated carbocycles. The van der Waals surface area contributed by atoms with E-state index in [4.69, 9.17) is 0 Å². The second-order valence-corrected chi connectivity index (χ2v) is 6.78. The third kappa shape index (κ3) is 4.25. The van der Waals surface area contributed by atoms with Crippen LogP contribution in [0.1, 0.15) is 29.5 Å². The van der Waals surface area contributed by atoms with Gasteiger partial charge in [0.05, 0.1) is 24.4 Å². The van der Waals surface area contributed by atoms with Crippen molar-refractivity contribution in [1.29, 1.82) is 0 Å². The van der Waals surface area contributed by atoms with Gasteiger partial charge < -0.3 is 10.0 Å². The van der Waals surface area contributed by atoms with E-state index in [-0.39, 0.29) is 12.3 Å². The average molecular weight is 364 g/mol. The van der Waals surface area contributed by atoms with Crippen molar-refractivity contribution in [2.24, 2.45) is 0 Å². The number of rotatable bonds is 5. The minimum absolute atomic E-state index is 0.0181. The lowest BCUT2D eigenvalue weighted by Crippen LogP contribution is -2.33. The van der Waals surface area contributed by atoms with Gasteiger partial charge in [0, 0.05) is 39.8 Å². The van der Waals surface area contributed by atoms with Crippen molar-refractivity contribution in [3.05, 3.63) is 52.9 Å². The first kappa shape index (κ1) is 18.5. The third-order valence-corrected chi connectivity index (χ3v) is 4.43. The normalized spacial score (nSPS) is 15.6. The molecule has 8 heteroatoms. The highest BCUT2D eigenvalue weighted by molar-refractivity contribution is 5.76. The van der Waals surface area contributed by atoms with Gasteiger partial charge in [-0.05, 0) is 23.8 Å². The van der Waals surface area contributed by atoms with Crippen molar-refractivity contribution in [2.45, 2.75) is 32.2 Å². The number of aromatic nitrogens is 2. The molecule has 0 fully saturated rings. The van der Waals surface area contributed by atoms with E-state index < -0.39 is 17.7 Å². The summed E-state index contributed by atoms with van der Waals surface area (Å²) in [7, 11) is 3.28. The second-order valence-electron chi connectivity index (χ2n) is 6.78. The molecule has 0 unspecified atom stereocenters. The number of halogens is 2. The number of carbonyl (C=O) groups excluding carboxylic acids is 1. The van der Waals surface area contributed by atoms with Gasteiger partial charge in [0.1, 0.15) is 17.7 Å². The summed E-state index contributed by atoms with van der Waals surface area (Å²) in [5.74, 6) is -1.34. The molecule has 6 nitrogen and oxygen atoms in total. The van der Waals surface area contributed by atoms with Crippen LogP contribution in [-0.2, 0) is 24.4 Å². The zero-order valence-electron chi connectivity index (χ0n) is 14.8. The summed E-state index contributed by atoms with van der Waals surface area (Å²) < 4.78 is 28.5. The van der Waals surface area contributed by atoms with Crippen LogP contribution >= 0.6 is 0 Å². The molecule has 1 atom stereocenters. The van der Waals surface area contributed by atoms with Gasteiger partial charge in [0.15, 0.2) is 0 Å². The molecule has 140 valence electrons. The highest BCUT2D eigenvalue weighted by Gasteiger charge is 2.23. The summed E-state index contributed by atoms with van der Waals surface area (Å²) in [5, 5.41) is 14.6. The van der Waals surface area contributed by atoms with Gasteiger partial charge in [-0.2, -0.15) is 5.10 Å². The maximum Gasteiger partial charge on any atom is 0.225 e. The van der Waals surface area contributed by atoms with Crippen molar-refractivity contribution in [1.82, 2.24) is 19.6 Å². The Balaban J connectivity index is 1.67. The number of nitrogens with zero attached hydrogens (tertiary/aromatic N) is 4. The van der Waals surface area contributed by atoms with Crippen LogP contribution in [0.2, 0.25) is 0 Å². The fourth-order valence-corrected chi connectivity index (χ4v) is 3.05. The number of carbonyl (C=O) groups is 1. The quantitative estimate of drug-likeness (QED) is 0.877. The summed E-state index contributed by atoms with van der Waals surface area (Å²) in [6, 6.07) is 5.30. The molecule has 1 amide bonds. The van der Waals surface area contributed by atoms with E-state index in [0.29, 0.717) is 37.4 Å². The van der Waals surface area contributed by atoms with Gasteiger partial charge >= 0.3 is 0 Å².